The second kappa shape index (κ2) is 13.1. The topological polar surface area (TPSA) is 95.4 Å². The summed E-state index contributed by atoms with van der Waals surface area (Å²) >= 11 is 0. The van der Waals surface area contributed by atoms with Crippen molar-refractivity contribution in [2.24, 2.45) is 0 Å². The number of carbonyl (C=O) groups is 2. The molecule has 0 radical (unpaired) electrons. The van der Waals surface area contributed by atoms with Crippen molar-refractivity contribution in [3.05, 3.63) is 109 Å². The molecule has 0 bridgehead atoms. The molecule has 218 valence electrons. The van der Waals surface area contributed by atoms with Crippen LogP contribution in [-0.2, 0) is 11.3 Å². The molecule has 0 aliphatic heterocycles. The molecule has 0 saturated heterocycles. The van der Waals surface area contributed by atoms with E-state index in [0.717, 1.165) is 47.2 Å². The number of nitrogens with zero attached hydrogens (tertiary/aromatic N) is 5. The number of hydrogen-bond donors (Lipinski definition) is 2. The predicted octanol–water partition coefficient (Wildman–Crippen LogP) is 5.83. The van der Waals surface area contributed by atoms with Crippen molar-refractivity contribution in [2.75, 3.05) is 49.8 Å². The molecule has 5 rings (SSSR count). The van der Waals surface area contributed by atoms with E-state index in [1.165, 1.54) is 18.0 Å². The van der Waals surface area contributed by atoms with Gasteiger partial charge in [-0.15, -0.1) is 0 Å². The quantitative estimate of drug-likeness (QED) is 0.143. The van der Waals surface area contributed by atoms with Gasteiger partial charge in [-0.1, -0.05) is 55.1 Å². The van der Waals surface area contributed by atoms with Gasteiger partial charge in [0.1, 0.15) is 12.1 Å². The Hall–Kier alpha value is -5.28. The van der Waals surface area contributed by atoms with Crippen LogP contribution in [0.25, 0.3) is 22.2 Å². The van der Waals surface area contributed by atoms with Gasteiger partial charge in [0.05, 0.1) is 22.8 Å². The van der Waals surface area contributed by atoms with Crippen molar-refractivity contribution in [1.82, 2.24) is 19.4 Å². The highest BCUT2D eigenvalue weighted by Crippen LogP contribution is 2.34. The molecule has 9 nitrogen and oxygen atoms in total. The second-order valence-corrected chi connectivity index (χ2v) is 10.6. The Morgan fingerprint density at radius 2 is 1.72 bits per heavy atom. The third-order valence-electron chi connectivity index (χ3n) is 7.22. The first-order chi connectivity index (χ1) is 20.9. The third kappa shape index (κ3) is 6.79. The molecular formula is C34H35N7O2. The van der Waals surface area contributed by atoms with Gasteiger partial charge in [-0.05, 0) is 43.9 Å². The molecular weight excluding hydrogens is 538 g/mol. The van der Waals surface area contributed by atoms with Gasteiger partial charge in [-0.3, -0.25) is 9.59 Å². The molecule has 3 aromatic carbocycles. The summed E-state index contributed by atoms with van der Waals surface area (Å²) in [5, 5.41) is 7.25. The first-order valence-electron chi connectivity index (χ1n) is 14.0. The van der Waals surface area contributed by atoms with Gasteiger partial charge in [0.15, 0.2) is 6.29 Å². The number of hydrogen-bond acceptors (Lipinski definition) is 7. The molecule has 0 saturated carbocycles. The molecule has 0 aliphatic carbocycles. The number of rotatable bonds is 12. The smallest absolute Gasteiger partial charge is 0.247 e. The molecule has 2 aromatic heterocycles. The Bertz CT molecular complexity index is 1760. The Morgan fingerprint density at radius 1 is 0.953 bits per heavy atom. The van der Waals surface area contributed by atoms with Crippen LogP contribution < -0.4 is 15.5 Å². The summed E-state index contributed by atoms with van der Waals surface area (Å²) < 4.78 is 2.22. The first kappa shape index (κ1) is 29.2. The van der Waals surface area contributed by atoms with Crippen molar-refractivity contribution in [1.29, 1.82) is 0 Å². The van der Waals surface area contributed by atoms with E-state index in [4.69, 9.17) is 0 Å². The van der Waals surface area contributed by atoms with Crippen LogP contribution in [0.1, 0.15) is 15.9 Å². The molecule has 1 amide bonds. The van der Waals surface area contributed by atoms with Gasteiger partial charge in [-0.2, -0.15) is 0 Å². The van der Waals surface area contributed by atoms with Crippen molar-refractivity contribution in [3.63, 3.8) is 0 Å². The van der Waals surface area contributed by atoms with Crippen LogP contribution in [0.5, 0.6) is 0 Å². The fourth-order valence-corrected chi connectivity index (χ4v) is 4.95. The highest BCUT2D eigenvalue weighted by atomic mass is 16.1. The molecule has 0 aliphatic rings. The monoisotopic (exact) mass is 573 g/mol. The van der Waals surface area contributed by atoms with Gasteiger partial charge in [0.2, 0.25) is 5.91 Å². The molecule has 9 heteroatoms. The predicted molar refractivity (Wildman–Crippen MR) is 174 cm³/mol. The van der Waals surface area contributed by atoms with Gasteiger partial charge in [0, 0.05) is 61.0 Å². The number of nitrogens with one attached hydrogen (secondary N) is 2. The zero-order chi connectivity index (χ0) is 30.3. The van der Waals surface area contributed by atoms with Crippen LogP contribution in [0, 0.1) is 0 Å². The average Bonchev–Trinajstić information content (AvgIpc) is 3.38. The summed E-state index contributed by atoms with van der Waals surface area (Å²) in [6, 6.07) is 24.0. The SMILES string of the molecule is C=CC(=O)Nc1cc(Nc2cc(-c3cn(Cc4ccccc4)c4ccccc34)ncn2)c(C=O)cc1N(C)CCN(C)C. The Morgan fingerprint density at radius 3 is 2.47 bits per heavy atom. The zero-order valence-corrected chi connectivity index (χ0v) is 24.6. The third-order valence-corrected chi connectivity index (χ3v) is 7.22. The lowest BCUT2D eigenvalue weighted by molar-refractivity contribution is -0.111. The number of amides is 1. The minimum atomic E-state index is -0.344. The molecule has 0 unspecified atom stereocenters. The van der Waals surface area contributed by atoms with Crippen LogP contribution in [-0.4, -0.2) is 65.9 Å². The Balaban J connectivity index is 1.50. The van der Waals surface area contributed by atoms with Crippen molar-refractivity contribution >= 4 is 46.0 Å². The summed E-state index contributed by atoms with van der Waals surface area (Å²) in [6.45, 7) is 5.80. The number of fused-ring (bicyclic) bond motifs is 1. The maximum atomic E-state index is 12.3. The molecule has 0 atom stereocenters. The van der Waals surface area contributed by atoms with Crippen LogP contribution >= 0.6 is 0 Å². The first-order valence-corrected chi connectivity index (χ1v) is 14.0. The van der Waals surface area contributed by atoms with Gasteiger partial charge in [-0.25, -0.2) is 9.97 Å². The highest BCUT2D eigenvalue weighted by Gasteiger charge is 2.17. The van der Waals surface area contributed by atoms with Gasteiger partial charge >= 0.3 is 0 Å². The van der Waals surface area contributed by atoms with E-state index in [2.05, 4.69) is 67.1 Å². The summed E-state index contributed by atoms with van der Waals surface area (Å²) in [5.41, 5.74) is 6.25. The number of anilines is 4. The van der Waals surface area contributed by atoms with Crippen LogP contribution in [0.3, 0.4) is 0 Å². The number of para-hydroxylation sites is 1. The van der Waals surface area contributed by atoms with Crippen molar-refractivity contribution < 1.29 is 9.59 Å². The highest BCUT2D eigenvalue weighted by molar-refractivity contribution is 6.03. The summed E-state index contributed by atoms with van der Waals surface area (Å²) in [6.07, 6.45) is 5.63. The normalized spacial score (nSPS) is 11.0. The van der Waals surface area contributed by atoms with Crippen LogP contribution in [0.4, 0.5) is 22.9 Å². The van der Waals surface area contributed by atoms with Gasteiger partial charge < -0.3 is 25.0 Å². The molecule has 0 fully saturated rings. The lowest BCUT2D eigenvalue weighted by Crippen LogP contribution is -2.29. The molecule has 0 spiro atoms. The largest absolute Gasteiger partial charge is 0.372 e. The lowest BCUT2D eigenvalue weighted by atomic mass is 10.1. The number of benzene rings is 3. The van der Waals surface area contributed by atoms with Crippen molar-refractivity contribution in [3.8, 4) is 11.3 Å². The van der Waals surface area contributed by atoms with E-state index in [9.17, 15) is 9.59 Å². The van der Waals surface area contributed by atoms with E-state index < -0.39 is 0 Å². The number of aromatic nitrogens is 3. The van der Waals surface area contributed by atoms with Crippen LogP contribution in [0.2, 0.25) is 0 Å². The maximum absolute atomic E-state index is 12.3. The second-order valence-electron chi connectivity index (χ2n) is 10.6. The lowest BCUT2D eigenvalue weighted by Gasteiger charge is -2.25. The zero-order valence-electron chi connectivity index (χ0n) is 24.6. The van der Waals surface area contributed by atoms with E-state index in [0.29, 0.717) is 29.3 Å². The minimum absolute atomic E-state index is 0.344. The van der Waals surface area contributed by atoms with E-state index in [1.807, 2.05) is 62.4 Å². The number of carbonyl (C=O) groups excluding carboxylic acids is 2. The minimum Gasteiger partial charge on any atom is -0.372 e. The fourth-order valence-electron chi connectivity index (χ4n) is 4.95. The molecule has 43 heavy (non-hydrogen) atoms. The molecule has 5 aromatic rings. The summed E-state index contributed by atoms with van der Waals surface area (Å²) in [7, 11) is 5.92. The Labute approximate surface area is 251 Å². The standard InChI is InChI=1S/C34H35N7O2/c1-5-34(43)38-30-18-28(25(22-42)17-32(30)40(4)16-15-39(2)3)37-33-19-29(35-23-36-33)27-21-41(20-24-11-7-6-8-12-24)31-14-10-9-13-26(27)31/h5-14,17-19,21-23H,1,15-16,20H2,2-4H3,(H,38,43)(H,35,36,37). The average molecular weight is 574 g/mol. The summed E-state index contributed by atoms with van der Waals surface area (Å²) in [5.74, 6) is 0.172. The number of likely N-dealkylation sites (N-methyl/N-ethyl adjacent to an activating group) is 2. The van der Waals surface area contributed by atoms with E-state index >= 15 is 0 Å². The van der Waals surface area contributed by atoms with E-state index in [-0.39, 0.29) is 5.91 Å². The maximum Gasteiger partial charge on any atom is 0.247 e. The number of aldehydes is 1. The Kier molecular flexibility index (Phi) is 8.93. The van der Waals surface area contributed by atoms with Crippen molar-refractivity contribution in [2.45, 2.75) is 6.54 Å². The molecule has 2 heterocycles. The fraction of sp³-hybridized carbons (Fsp3) is 0.176. The molecule has 2 N–H and O–H groups in total. The van der Waals surface area contributed by atoms with E-state index in [1.54, 1.807) is 12.1 Å². The van der Waals surface area contributed by atoms with Gasteiger partial charge in [0.25, 0.3) is 0 Å². The summed E-state index contributed by atoms with van der Waals surface area (Å²) in [4.78, 5) is 37.6. The van der Waals surface area contributed by atoms with Crippen LogP contribution in [0.15, 0.2) is 98.0 Å².